The van der Waals surface area contributed by atoms with Crippen LogP contribution in [0.5, 0.6) is 0 Å². The van der Waals surface area contributed by atoms with Gasteiger partial charge in [0.25, 0.3) is 5.91 Å². The molecular formula is C13H10ClNO4. The van der Waals surface area contributed by atoms with E-state index in [-0.39, 0.29) is 16.3 Å². The molecule has 1 aromatic carbocycles. The molecule has 0 bridgehead atoms. The summed E-state index contributed by atoms with van der Waals surface area (Å²) in [5.41, 5.74) is 0.660. The number of amides is 1. The summed E-state index contributed by atoms with van der Waals surface area (Å²) >= 11 is 5.92. The van der Waals surface area contributed by atoms with Crippen molar-refractivity contribution in [2.75, 3.05) is 5.32 Å². The van der Waals surface area contributed by atoms with Crippen molar-refractivity contribution < 1.29 is 19.1 Å². The number of benzene rings is 1. The smallest absolute Gasteiger partial charge is 0.335 e. The highest BCUT2D eigenvalue weighted by Gasteiger charge is 2.14. The van der Waals surface area contributed by atoms with E-state index in [0.717, 1.165) is 0 Å². The van der Waals surface area contributed by atoms with E-state index in [1.807, 2.05) is 0 Å². The van der Waals surface area contributed by atoms with Gasteiger partial charge < -0.3 is 14.8 Å². The Bertz CT molecular complexity index is 648. The zero-order valence-electron chi connectivity index (χ0n) is 9.94. The third-order valence-corrected chi connectivity index (χ3v) is 2.89. The molecule has 1 heterocycles. The first-order valence-corrected chi connectivity index (χ1v) is 5.75. The molecule has 2 rings (SSSR count). The summed E-state index contributed by atoms with van der Waals surface area (Å²) in [6.07, 6.45) is 1.40. The van der Waals surface area contributed by atoms with Crippen molar-refractivity contribution in [1.29, 1.82) is 0 Å². The summed E-state index contributed by atoms with van der Waals surface area (Å²) in [5, 5.41) is 11.7. The molecule has 1 aromatic heterocycles. The summed E-state index contributed by atoms with van der Waals surface area (Å²) < 4.78 is 5.03. The summed E-state index contributed by atoms with van der Waals surface area (Å²) in [6, 6.07) is 5.61. The largest absolute Gasteiger partial charge is 0.478 e. The number of aromatic carboxylic acids is 1. The standard InChI is InChI=1S/C13H10ClNO4/c1-7-9(4-5-19-7)12(16)15-11-6-8(13(17)18)2-3-10(11)14/h2-6H,1H3,(H,15,16)(H,17,18). The number of nitrogens with one attached hydrogen (secondary N) is 1. The van der Waals surface area contributed by atoms with Crippen LogP contribution in [-0.4, -0.2) is 17.0 Å². The van der Waals surface area contributed by atoms with E-state index in [9.17, 15) is 9.59 Å². The zero-order valence-corrected chi connectivity index (χ0v) is 10.7. The predicted molar refractivity (Wildman–Crippen MR) is 69.8 cm³/mol. The third-order valence-electron chi connectivity index (χ3n) is 2.56. The summed E-state index contributed by atoms with van der Waals surface area (Å²) in [6.45, 7) is 1.66. The molecule has 0 fully saturated rings. The van der Waals surface area contributed by atoms with E-state index < -0.39 is 11.9 Å². The van der Waals surface area contributed by atoms with Gasteiger partial charge in [0.15, 0.2) is 0 Å². The highest BCUT2D eigenvalue weighted by Crippen LogP contribution is 2.24. The summed E-state index contributed by atoms with van der Waals surface area (Å²) in [4.78, 5) is 22.8. The normalized spacial score (nSPS) is 10.2. The maximum absolute atomic E-state index is 12.0. The lowest BCUT2D eigenvalue weighted by molar-refractivity contribution is 0.0696. The lowest BCUT2D eigenvalue weighted by Gasteiger charge is -2.07. The Morgan fingerprint density at radius 1 is 1.32 bits per heavy atom. The number of carbonyl (C=O) groups is 2. The van der Waals surface area contributed by atoms with Crippen molar-refractivity contribution in [3.8, 4) is 0 Å². The van der Waals surface area contributed by atoms with Crippen LogP contribution in [0.1, 0.15) is 26.5 Å². The second-order valence-electron chi connectivity index (χ2n) is 3.84. The molecule has 1 amide bonds. The average Bonchev–Trinajstić information content (AvgIpc) is 2.78. The molecule has 0 aliphatic carbocycles. The molecule has 0 saturated heterocycles. The van der Waals surface area contributed by atoms with Gasteiger partial charge in [0, 0.05) is 0 Å². The molecule has 0 radical (unpaired) electrons. The molecule has 2 aromatic rings. The molecule has 19 heavy (non-hydrogen) atoms. The Kier molecular flexibility index (Phi) is 3.57. The van der Waals surface area contributed by atoms with Gasteiger partial charge in [-0.2, -0.15) is 0 Å². The molecule has 0 saturated carbocycles. The van der Waals surface area contributed by atoms with Gasteiger partial charge >= 0.3 is 5.97 Å². The number of hydrogen-bond donors (Lipinski definition) is 2. The highest BCUT2D eigenvalue weighted by molar-refractivity contribution is 6.34. The molecule has 98 valence electrons. The Morgan fingerprint density at radius 2 is 2.05 bits per heavy atom. The first-order chi connectivity index (χ1) is 8.99. The first-order valence-electron chi connectivity index (χ1n) is 5.37. The Hall–Kier alpha value is -2.27. The number of halogens is 1. The third kappa shape index (κ3) is 2.77. The number of carboxylic acid groups (broad SMARTS) is 1. The number of anilines is 1. The molecule has 0 atom stereocenters. The van der Waals surface area contributed by atoms with E-state index in [2.05, 4.69) is 5.32 Å². The number of furan rings is 1. The minimum atomic E-state index is -1.09. The molecule has 0 spiro atoms. The molecule has 0 unspecified atom stereocenters. The number of rotatable bonds is 3. The zero-order chi connectivity index (χ0) is 14.0. The first kappa shape index (κ1) is 13.2. The Labute approximate surface area is 113 Å². The van der Waals surface area contributed by atoms with Gasteiger partial charge in [-0.15, -0.1) is 0 Å². The van der Waals surface area contributed by atoms with Gasteiger partial charge in [0.1, 0.15) is 5.76 Å². The highest BCUT2D eigenvalue weighted by atomic mass is 35.5. The number of aryl methyl sites for hydroxylation is 1. The van der Waals surface area contributed by atoms with Crippen LogP contribution in [0.2, 0.25) is 5.02 Å². The SMILES string of the molecule is Cc1occc1C(=O)Nc1cc(C(=O)O)ccc1Cl. The molecule has 6 heteroatoms. The van der Waals surface area contributed by atoms with Gasteiger partial charge in [-0.25, -0.2) is 4.79 Å². The van der Waals surface area contributed by atoms with Crippen molar-refractivity contribution in [1.82, 2.24) is 0 Å². The van der Waals surface area contributed by atoms with Crippen LogP contribution in [0.3, 0.4) is 0 Å². The van der Waals surface area contributed by atoms with Gasteiger partial charge in [-0.05, 0) is 31.2 Å². The fourth-order valence-electron chi connectivity index (χ4n) is 1.56. The second-order valence-corrected chi connectivity index (χ2v) is 4.25. The minimum absolute atomic E-state index is 0.0450. The van der Waals surface area contributed by atoms with Crippen LogP contribution in [0, 0.1) is 6.92 Å². The van der Waals surface area contributed by atoms with Crippen molar-refractivity contribution in [3.63, 3.8) is 0 Å². The maximum Gasteiger partial charge on any atom is 0.335 e. The maximum atomic E-state index is 12.0. The van der Waals surface area contributed by atoms with Gasteiger partial charge in [0.2, 0.25) is 0 Å². The van der Waals surface area contributed by atoms with Crippen molar-refractivity contribution in [2.24, 2.45) is 0 Å². The van der Waals surface area contributed by atoms with Crippen LogP contribution in [-0.2, 0) is 0 Å². The van der Waals surface area contributed by atoms with Crippen LogP contribution in [0.4, 0.5) is 5.69 Å². The molecular weight excluding hydrogens is 270 g/mol. The van der Waals surface area contributed by atoms with E-state index in [0.29, 0.717) is 11.3 Å². The molecule has 0 aliphatic heterocycles. The fourth-order valence-corrected chi connectivity index (χ4v) is 1.73. The lowest BCUT2D eigenvalue weighted by Crippen LogP contribution is -2.13. The van der Waals surface area contributed by atoms with Crippen LogP contribution in [0.15, 0.2) is 34.9 Å². The van der Waals surface area contributed by atoms with Gasteiger partial charge in [-0.1, -0.05) is 11.6 Å². The summed E-state index contributed by atoms with van der Waals surface area (Å²) in [5.74, 6) is -1.02. The predicted octanol–water partition coefficient (Wildman–Crippen LogP) is 3.19. The van der Waals surface area contributed by atoms with Crippen LogP contribution >= 0.6 is 11.6 Å². The van der Waals surface area contributed by atoms with Crippen LogP contribution in [0.25, 0.3) is 0 Å². The molecule has 2 N–H and O–H groups in total. The van der Waals surface area contributed by atoms with E-state index >= 15 is 0 Å². The minimum Gasteiger partial charge on any atom is -0.478 e. The topological polar surface area (TPSA) is 79.5 Å². The van der Waals surface area contributed by atoms with E-state index in [1.165, 1.54) is 30.5 Å². The van der Waals surface area contributed by atoms with Crippen molar-refractivity contribution in [3.05, 3.63) is 52.4 Å². The fraction of sp³-hybridized carbons (Fsp3) is 0.0769. The lowest BCUT2D eigenvalue weighted by atomic mass is 10.2. The Morgan fingerprint density at radius 3 is 2.63 bits per heavy atom. The summed E-state index contributed by atoms with van der Waals surface area (Å²) in [7, 11) is 0. The number of carboxylic acids is 1. The number of carbonyl (C=O) groups excluding carboxylic acids is 1. The van der Waals surface area contributed by atoms with Crippen molar-refractivity contribution in [2.45, 2.75) is 6.92 Å². The monoisotopic (exact) mass is 279 g/mol. The van der Waals surface area contributed by atoms with Crippen LogP contribution < -0.4 is 5.32 Å². The molecule has 5 nitrogen and oxygen atoms in total. The average molecular weight is 280 g/mol. The van der Waals surface area contributed by atoms with E-state index in [4.69, 9.17) is 21.1 Å². The van der Waals surface area contributed by atoms with E-state index in [1.54, 1.807) is 6.92 Å². The second kappa shape index (κ2) is 5.16. The van der Waals surface area contributed by atoms with Gasteiger partial charge in [-0.3, -0.25) is 4.79 Å². The van der Waals surface area contributed by atoms with Crippen molar-refractivity contribution >= 4 is 29.2 Å². The number of hydrogen-bond acceptors (Lipinski definition) is 3. The quantitative estimate of drug-likeness (QED) is 0.904. The Balaban J connectivity index is 2.28. The molecule has 0 aliphatic rings. The van der Waals surface area contributed by atoms with Gasteiger partial charge in [0.05, 0.1) is 28.1 Å².